The molecule has 126 valence electrons. The van der Waals surface area contributed by atoms with Crippen LogP contribution >= 0.6 is 35.2 Å². The first-order valence-corrected chi connectivity index (χ1v) is 8.33. The van der Waals surface area contributed by atoms with Gasteiger partial charge in [-0.3, -0.25) is 4.79 Å². The van der Waals surface area contributed by atoms with E-state index >= 15 is 0 Å². The summed E-state index contributed by atoms with van der Waals surface area (Å²) in [7, 11) is 0. The van der Waals surface area contributed by atoms with Gasteiger partial charge in [-0.1, -0.05) is 23.2 Å². The first-order chi connectivity index (χ1) is 10.7. The van der Waals surface area contributed by atoms with Crippen molar-refractivity contribution in [3.8, 4) is 0 Å². The maximum Gasteiger partial charge on any atom is 0.399 e. The second kappa shape index (κ2) is 6.11. The number of halogens is 5. The van der Waals surface area contributed by atoms with E-state index in [1.165, 1.54) is 18.2 Å². The molecule has 23 heavy (non-hydrogen) atoms. The smallest absolute Gasteiger partial charge is 0.312 e. The summed E-state index contributed by atoms with van der Waals surface area (Å²) in [5.74, 6) is -0.584. The van der Waals surface area contributed by atoms with E-state index in [0.717, 1.165) is 0 Å². The van der Waals surface area contributed by atoms with Crippen LogP contribution in [0.3, 0.4) is 0 Å². The molecule has 3 atom stereocenters. The maximum absolute atomic E-state index is 13.9. The molecule has 2 aliphatic rings. The van der Waals surface area contributed by atoms with Crippen LogP contribution in [-0.4, -0.2) is 30.5 Å². The predicted octanol–water partition coefficient (Wildman–Crippen LogP) is 3.98. The van der Waals surface area contributed by atoms with E-state index in [0.29, 0.717) is 12.0 Å². The lowest BCUT2D eigenvalue weighted by Gasteiger charge is -2.32. The Kier molecular flexibility index (Phi) is 4.61. The van der Waals surface area contributed by atoms with Gasteiger partial charge in [-0.25, -0.2) is 0 Å². The molecule has 3 unspecified atom stereocenters. The van der Waals surface area contributed by atoms with Crippen molar-refractivity contribution >= 4 is 40.4 Å². The van der Waals surface area contributed by atoms with Crippen molar-refractivity contribution in [2.45, 2.75) is 24.1 Å². The molecular weight excluding hydrogens is 374 g/mol. The van der Waals surface area contributed by atoms with Crippen molar-refractivity contribution < 1.29 is 22.1 Å². The minimum Gasteiger partial charge on any atom is -0.312 e. The molecule has 1 aromatic rings. The van der Waals surface area contributed by atoms with E-state index in [1.807, 2.05) is 0 Å². The van der Waals surface area contributed by atoms with Gasteiger partial charge in [0.2, 0.25) is 5.12 Å². The highest BCUT2D eigenvalue weighted by atomic mass is 35.5. The first kappa shape index (κ1) is 17.4. The highest BCUT2D eigenvalue weighted by molar-refractivity contribution is 8.09. The molecule has 0 bridgehead atoms. The third-order valence-electron chi connectivity index (χ3n) is 4.37. The third-order valence-corrected chi connectivity index (χ3v) is 5.53. The highest BCUT2D eigenvalue weighted by Gasteiger charge is 2.61. The van der Waals surface area contributed by atoms with Gasteiger partial charge in [0.15, 0.2) is 0 Å². The summed E-state index contributed by atoms with van der Waals surface area (Å²) in [4.78, 5) is 11.7. The largest absolute Gasteiger partial charge is 0.399 e. The van der Waals surface area contributed by atoms with Crippen LogP contribution in [0.4, 0.5) is 13.2 Å². The van der Waals surface area contributed by atoms with Crippen LogP contribution in [0.25, 0.3) is 0 Å². The summed E-state index contributed by atoms with van der Waals surface area (Å²) in [5, 5.41) is 2.89. The minimum absolute atomic E-state index is 0.0107. The van der Waals surface area contributed by atoms with Gasteiger partial charge < -0.3 is 9.50 Å². The van der Waals surface area contributed by atoms with Crippen LogP contribution in [-0.2, 0) is 14.4 Å². The molecule has 0 radical (unpaired) electrons. The lowest BCUT2D eigenvalue weighted by atomic mass is 9.76. The fourth-order valence-electron chi connectivity index (χ4n) is 3.11. The van der Waals surface area contributed by atoms with Gasteiger partial charge in [0.25, 0.3) is 0 Å². The quantitative estimate of drug-likeness (QED) is 0.781. The molecule has 0 aromatic heterocycles. The molecule has 0 saturated carbocycles. The zero-order chi connectivity index (χ0) is 16.8. The Bertz CT molecular complexity index is 623. The summed E-state index contributed by atoms with van der Waals surface area (Å²) in [5.41, 5.74) is -2.11. The molecule has 9 heteroatoms. The van der Waals surface area contributed by atoms with Crippen molar-refractivity contribution in [1.29, 1.82) is 0 Å². The van der Waals surface area contributed by atoms with Gasteiger partial charge >= 0.3 is 6.18 Å². The Morgan fingerprint density at radius 3 is 2.43 bits per heavy atom. The number of alkyl halides is 3. The molecule has 2 heterocycles. The van der Waals surface area contributed by atoms with E-state index in [1.54, 1.807) is 0 Å². The molecule has 0 aliphatic carbocycles. The molecule has 0 amide bonds. The topological polar surface area (TPSA) is 38.3 Å². The van der Waals surface area contributed by atoms with Crippen LogP contribution in [0.2, 0.25) is 10.0 Å². The lowest BCUT2D eigenvalue weighted by molar-refractivity contribution is -0.185. The Morgan fingerprint density at radius 1 is 1.26 bits per heavy atom. The maximum atomic E-state index is 13.9. The molecule has 3 rings (SSSR count). The highest BCUT2D eigenvalue weighted by Crippen LogP contribution is 2.49. The van der Waals surface area contributed by atoms with Gasteiger partial charge in [0.05, 0.1) is 24.6 Å². The number of benzene rings is 1. The van der Waals surface area contributed by atoms with Crippen LogP contribution < -0.4 is 5.32 Å². The van der Waals surface area contributed by atoms with E-state index < -0.39 is 23.6 Å². The standard InChI is InChI=1S/C14H12Cl2F3NO2S/c15-8-1-7(2-9(16)3-8)13(14(17,18)19)4-11(20-6-13)10-5-22-23-12(10)21/h1-3,10-11,20H,4-6H2. The van der Waals surface area contributed by atoms with Crippen LogP contribution in [0.1, 0.15) is 12.0 Å². The first-order valence-electron chi connectivity index (χ1n) is 6.83. The summed E-state index contributed by atoms with van der Waals surface area (Å²) in [6.45, 7) is -0.211. The van der Waals surface area contributed by atoms with Crippen molar-refractivity contribution in [1.82, 2.24) is 5.32 Å². The number of nitrogens with one attached hydrogen (secondary N) is 1. The fraction of sp³-hybridized carbons (Fsp3) is 0.500. The molecule has 2 saturated heterocycles. The molecule has 3 nitrogen and oxygen atoms in total. The molecule has 1 N–H and O–H groups in total. The van der Waals surface area contributed by atoms with E-state index in [4.69, 9.17) is 27.4 Å². The van der Waals surface area contributed by atoms with Crippen molar-refractivity contribution in [2.24, 2.45) is 5.92 Å². The summed E-state index contributed by atoms with van der Waals surface area (Å²) >= 11 is 12.5. The molecule has 2 aliphatic heterocycles. The monoisotopic (exact) mass is 385 g/mol. The molecule has 2 fully saturated rings. The van der Waals surface area contributed by atoms with E-state index in [9.17, 15) is 18.0 Å². The number of hydrogen-bond acceptors (Lipinski definition) is 4. The van der Waals surface area contributed by atoms with Gasteiger partial charge in [-0.15, -0.1) is 0 Å². The molecular formula is C14H12Cl2F3NO2S. The number of carbonyl (C=O) groups excluding carboxylic acids is 1. The van der Waals surface area contributed by atoms with Crippen LogP contribution in [0, 0.1) is 5.92 Å². The zero-order valence-electron chi connectivity index (χ0n) is 11.6. The Hall–Kier alpha value is -0.470. The fourth-order valence-corrected chi connectivity index (χ4v) is 4.33. The molecule has 0 spiro atoms. The summed E-state index contributed by atoms with van der Waals surface area (Å²) in [6, 6.07) is 3.36. The Morgan fingerprint density at radius 2 is 1.91 bits per heavy atom. The average Bonchev–Trinajstić information content (AvgIpc) is 3.03. The Balaban J connectivity index is 1.98. The van der Waals surface area contributed by atoms with Crippen molar-refractivity contribution in [3.05, 3.63) is 33.8 Å². The van der Waals surface area contributed by atoms with Gasteiger partial charge in [-0.05, 0) is 30.2 Å². The number of hydrogen-bond donors (Lipinski definition) is 1. The SMILES string of the molecule is O=C1SOCC1C1CC(c2cc(Cl)cc(Cl)c2)(C(F)(F)F)CN1. The normalized spacial score (nSPS) is 31.8. The van der Waals surface area contributed by atoms with Crippen molar-refractivity contribution in [2.75, 3.05) is 13.2 Å². The predicted molar refractivity (Wildman–Crippen MR) is 82.6 cm³/mol. The van der Waals surface area contributed by atoms with Crippen LogP contribution in [0.5, 0.6) is 0 Å². The zero-order valence-corrected chi connectivity index (χ0v) is 14.0. The average molecular weight is 386 g/mol. The van der Waals surface area contributed by atoms with Gasteiger partial charge in [0, 0.05) is 22.6 Å². The van der Waals surface area contributed by atoms with Gasteiger partial charge in [-0.2, -0.15) is 13.2 Å². The van der Waals surface area contributed by atoms with Gasteiger partial charge in [0.1, 0.15) is 5.41 Å². The van der Waals surface area contributed by atoms with E-state index in [-0.39, 0.29) is 40.3 Å². The second-order valence-corrected chi connectivity index (χ2v) is 7.40. The van der Waals surface area contributed by atoms with Crippen LogP contribution in [0.15, 0.2) is 18.2 Å². The van der Waals surface area contributed by atoms with E-state index in [2.05, 4.69) is 5.32 Å². The second-order valence-electron chi connectivity index (χ2n) is 5.72. The minimum atomic E-state index is -4.50. The molecule has 1 aromatic carbocycles. The summed E-state index contributed by atoms with van der Waals surface area (Å²) < 4.78 is 46.6. The lowest BCUT2D eigenvalue weighted by Crippen LogP contribution is -2.44. The Labute approximate surface area is 145 Å². The third kappa shape index (κ3) is 3.09. The number of carbonyl (C=O) groups is 1. The summed E-state index contributed by atoms with van der Waals surface area (Å²) in [6.07, 6.45) is -4.76. The van der Waals surface area contributed by atoms with Crippen molar-refractivity contribution in [3.63, 3.8) is 0 Å². The number of rotatable bonds is 2.